The fourth-order valence-electron chi connectivity index (χ4n) is 4.44. The van der Waals surface area contributed by atoms with Crippen LogP contribution < -0.4 is 5.32 Å². The van der Waals surface area contributed by atoms with Crippen molar-refractivity contribution in [2.24, 2.45) is 16.8 Å². The molecule has 0 bridgehead atoms. The van der Waals surface area contributed by atoms with Gasteiger partial charge < -0.3 is 10.4 Å². The van der Waals surface area contributed by atoms with Gasteiger partial charge in [0.2, 0.25) is 5.91 Å². The Kier molecular flexibility index (Phi) is 9.54. The number of halogens is 1. The van der Waals surface area contributed by atoms with Crippen LogP contribution in [0.1, 0.15) is 76.6 Å². The zero-order valence-electron chi connectivity index (χ0n) is 21.3. The first-order chi connectivity index (χ1) is 16.0. The molecule has 0 saturated heterocycles. The molecule has 2 N–H and O–H groups in total. The third-order valence-corrected chi connectivity index (χ3v) is 5.99. The first kappa shape index (κ1) is 27.2. The summed E-state index contributed by atoms with van der Waals surface area (Å²) in [6.07, 6.45) is 7.09. The standard InChI is InChI=1S/C28H37FN2O3/c1-8-9-21-23(30-7)11-10-17(4)26(21)20-13-18(5)27(29)22(14-20)24(15-25(32)33)31-28(34)19(6)12-16(2)3/h9-11,13-14,16,19,24H,8,12,15H2,1-7H3,(H,31,34)(H,32,33)/b21-9+,30-23?/t19-,24-/m0/s1. The van der Waals surface area contributed by atoms with Crippen molar-refractivity contribution in [3.05, 3.63) is 64.0 Å². The highest BCUT2D eigenvalue weighted by Gasteiger charge is 2.27. The number of nitrogens with zero attached hydrogens (tertiary/aromatic N) is 1. The molecule has 0 saturated carbocycles. The molecule has 0 unspecified atom stereocenters. The Balaban J connectivity index is 2.62. The molecule has 1 aliphatic rings. The second kappa shape index (κ2) is 11.9. The number of allylic oxidation sites excluding steroid dienone is 6. The van der Waals surface area contributed by atoms with Crippen LogP contribution in [0.2, 0.25) is 0 Å². The zero-order chi connectivity index (χ0) is 25.6. The number of hydrogen-bond acceptors (Lipinski definition) is 3. The van der Waals surface area contributed by atoms with Gasteiger partial charge in [-0.2, -0.15) is 0 Å². The lowest BCUT2D eigenvalue weighted by Crippen LogP contribution is -2.35. The van der Waals surface area contributed by atoms with Gasteiger partial charge in [0.1, 0.15) is 5.82 Å². The van der Waals surface area contributed by atoms with Gasteiger partial charge in [0, 0.05) is 24.1 Å². The maximum absolute atomic E-state index is 15.4. The number of aryl methyl sites for hydroxylation is 1. The minimum Gasteiger partial charge on any atom is -0.481 e. The maximum Gasteiger partial charge on any atom is 0.305 e. The van der Waals surface area contributed by atoms with Gasteiger partial charge in [0.05, 0.1) is 18.2 Å². The third kappa shape index (κ3) is 6.52. The number of carboxylic acid groups (broad SMARTS) is 1. The van der Waals surface area contributed by atoms with Crippen LogP contribution in [-0.2, 0) is 9.59 Å². The predicted octanol–water partition coefficient (Wildman–Crippen LogP) is 6.20. The molecule has 1 aromatic rings. The van der Waals surface area contributed by atoms with Gasteiger partial charge in [-0.25, -0.2) is 4.39 Å². The van der Waals surface area contributed by atoms with Crippen molar-refractivity contribution in [3.8, 4) is 0 Å². The number of benzene rings is 1. The molecule has 1 aliphatic carbocycles. The van der Waals surface area contributed by atoms with Crippen molar-refractivity contribution in [2.45, 2.75) is 66.8 Å². The fourth-order valence-corrected chi connectivity index (χ4v) is 4.44. The summed E-state index contributed by atoms with van der Waals surface area (Å²) in [4.78, 5) is 28.9. The van der Waals surface area contributed by atoms with Crippen LogP contribution in [0.15, 0.2) is 46.5 Å². The molecule has 6 heteroatoms. The highest BCUT2D eigenvalue weighted by Crippen LogP contribution is 2.36. The average molecular weight is 469 g/mol. The summed E-state index contributed by atoms with van der Waals surface area (Å²) in [6.45, 7) is 11.6. The van der Waals surface area contributed by atoms with Crippen LogP contribution in [0.5, 0.6) is 0 Å². The highest BCUT2D eigenvalue weighted by atomic mass is 19.1. The number of carbonyl (C=O) groups excluding carboxylic acids is 1. The predicted molar refractivity (Wildman–Crippen MR) is 136 cm³/mol. The molecule has 184 valence electrons. The van der Waals surface area contributed by atoms with Gasteiger partial charge in [-0.05, 0) is 73.1 Å². The minimum absolute atomic E-state index is 0.184. The first-order valence-corrected chi connectivity index (χ1v) is 11.9. The molecule has 5 nitrogen and oxygen atoms in total. The van der Waals surface area contributed by atoms with E-state index < -0.39 is 24.2 Å². The van der Waals surface area contributed by atoms with E-state index in [1.165, 1.54) is 0 Å². The maximum atomic E-state index is 15.4. The van der Waals surface area contributed by atoms with Gasteiger partial charge in [-0.15, -0.1) is 0 Å². The van der Waals surface area contributed by atoms with Gasteiger partial charge in [-0.3, -0.25) is 14.6 Å². The van der Waals surface area contributed by atoms with Crippen molar-refractivity contribution >= 4 is 23.2 Å². The van der Waals surface area contributed by atoms with Crippen LogP contribution in [0, 0.1) is 24.6 Å². The molecule has 1 aromatic carbocycles. The number of rotatable bonds is 9. The molecular weight excluding hydrogens is 431 g/mol. The Morgan fingerprint density at radius 2 is 1.85 bits per heavy atom. The van der Waals surface area contributed by atoms with Gasteiger partial charge >= 0.3 is 5.97 Å². The SMILES string of the molecule is CC/C=C1\C(=NC)C=CC(C)=C1c1cc(C)c(F)c([C@H](CC(=O)O)NC(=O)[C@@H](C)CC(C)C)c1. The van der Waals surface area contributed by atoms with E-state index in [1.54, 1.807) is 33.0 Å². The zero-order valence-corrected chi connectivity index (χ0v) is 21.3. The van der Waals surface area contributed by atoms with E-state index in [2.05, 4.69) is 16.4 Å². The lowest BCUT2D eigenvalue weighted by molar-refractivity contribution is -0.138. The van der Waals surface area contributed by atoms with E-state index in [0.29, 0.717) is 17.9 Å². The van der Waals surface area contributed by atoms with Crippen molar-refractivity contribution in [1.82, 2.24) is 5.32 Å². The van der Waals surface area contributed by atoms with E-state index in [4.69, 9.17) is 0 Å². The van der Waals surface area contributed by atoms with Crippen LogP contribution in [0.25, 0.3) is 5.57 Å². The quantitative estimate of drug-likeness (QED) is 0.453. The fraction of sp³-hybridized carbons (Fsp3) is 0.464. The Labute approximate surface area is 202 Å². The average Bonchev–Trinajstić information content (AvgIpc) is 2.75. The Morgan fingerprint density at radius 1 is 1.18 bits per heavy atom. The van der Waals surface area contributed by atoms with E-state index in [-0.39, 0.29) is 17.4 Å². The summed E-state index contributed by atoms with van der Waals surface area (Å²) in [5.41, 5.74) is 5.10. The van der Waals surface area contributed by atoms with Crippen LogP contribution >= 0.6 is 0 Å². The molecule has 0 aromatic heterocycles. The van der Waals surface area contributed by atoms with E-state index >= 15 is 4.39 Å². The van der Waals surface area contributed by atoms with Crippen molar-refractivity contribution < 1.29 is 19.1 Å². The van der Waals surface area contributed by atoms with Crippen molar-refractivity contribution in [2.75, 3.05) is 7.05 Å². The highest BCUT2D eigenvalue weighted by molar-refractivity contribution is 6.21. The molecule has 0 fully saturated rings. The third-order valence-electron chi connectivity index (χ3n) is 5.99. The lowest BCUT2D eigenvalue weighted by Gasteiger charge is -2.25. The summed E-state index contributed by atoms with van der Waals surface area (Å²) >= 11 is 0. The summed E-state index contributed by atoms with van der Waals surface area (Å²) < 4.78 is 15.4. The number of carboxylic acids is 1. The largest absolute Gasteiger partial charge is 0.481 e. The Hall–Kier alpha value is -3.02. The summed E-state index contributed by atoms with van der Waals surface area (Å²) in [5, 5.41) is 12.3. The van der Waals surface area contributed by atoms with Crippen molar-refractivity contribution in [3.63, 3.8) is 0 Å². The molecule has 34 heavy (non-hydrogen) atoms. The van der Waals surface area contributed by atoms with Crippen LogP contribution in [-0.4, -0.2) is 29.7 Å². The van der Waals surface area contributed by atoms with Gasteiger partial charge in [-0.1, -0.05) is 39.8 Å². The van der Waals surface area contributed by atoms with Crippen molar-refractivity contribution in [1.29, 1.82) is 0 Å². The normalized spacial score (nSPS) is 18.0. The summed E-state index contributed by atoms with van der Waals surface area (Å²) in [5.74, 6) is -1.87. The summed E-state index contributed by atoms with van der Waals surface area (Å²) in [6, 6.07) is 2.48. The second-order valence-corrected chi connectivity index (χ2v) is 9.41. The number of carbonyl (C=O) groups is 2. The number of amides is 1. The molecule has 0 heterocycles. The van der Waals surface area contributed by atoms with Gasteiger partial charge in [0.25, 0.3) is 0 Å². The minimum atomic E-state index is -1.10. The number of aliphatic carboxylic acids is 1. The number of nitrogens with one attached hydrogen (secondary N) is 1. The molecule has 2 atom stereocenters. The van der Waals surface area contributed by atoms with Crippen LogP contribution in [0.4, 0.5) is 4.39 Å². The Morgan fingerprint density at radius 3 is 2.41 bits per heavy atom. The molecule has 0 aliphatic heterocycles. The molecule has 0 spiro atoms. The molecular formula is C28H37FN2O3. The van der Waals surface area contributed by atoms with Crippen LogP contribution in [0.3, 0.4) is 0 Å². The molecule has 1 amide bonds. The van der Waals surface area contributed by atoms with E-state index in [9.17, 15) is 14.7 Å². The number of aliphatic imine (C=N–C) groups is 1. The number of hydrogen-bond donors (Lipinski definition) is 2. The topological polar surface area (TPSA) is 78.8 Å². The smallest absolute Gasteiger partial charge is 0.305 e. The first-order valence-electron chi connectivity index (χ1n) is 11.9. The molecule has 0 radical (unpaired) electrons. The second-order valence-electron chi connectivity index (χ2n) is 9.41. The Bertz CT molecular complexity index is 1060. The van der Waals surface area contributed by atoms with E-state index in [1.807, 2.05) is 39.8 Å². The summed E-state index contributed by atoms with van der Waals surface area (Å²) in [7, 11) is 1.74. The van der Waals surface area contributed by atoms with E-state index in [0.717, 1.165) is 34.4 Å². The lowest BCUT2D eigenvalue weighted by atomic mass is 9.84. The van der Waals surface area contributed by atoms with Gasteiger partial charge in [0.15, 0.2) is 0 Å². The monoisotopic (exact) mass is 468 g/mol. The molecule has 2 rings (SSSR count).